The number of aliphatic hydroxyl groups excluding tert-OH is 1. The van der Waals surface area contributed by atoms with E-state index in [1.807, 2.05) is 0 Å². The van der Waals surface area contributed by atoms with Gasteiger partial charge in [0, 0.05) is 25.7 Å². The van der Waals surface area contributed by atoms with E-state index in [9.17, 15) is 43.2 Å². The summed E-state index contributed by atoms with van der Waals surface area (Å²) in [6.07, 6.45) is 55.8. The van der Waals surface area contributed by atoms with Crippen LogP contribution in [0.15, 0.2) is 0 Å². The Labute approximate surface area is 607 Å². The summed E-state index contributed by atoms with van der Waals surface area (Å²) < 4.78 is 68.6. The van der Waals surface area contributed by atoms with Crippen LogP contribution in [0.2, 0.25) is 0 Å². The summed E-state index contributed by atoms with van der Waals surface area (Å²) in [4.78, 5) is 72.9. The Balaban J connectivity index is 5.14. The molecule has 588 valence electrons. The van der Waals surface area contributed by atoms with Crippen molar-refractivity contribution in [3.63, 3.8) is 0 Å². The van der Waals surface area contributed by atoms with Crippen molar-refractivity contribution in [3.05, 3.63) is 0 Å². The predicted octanol–water partition coefficient (Wildman–Crippen LogP) is 23.6. The van der Waals surface area contributed by atoms with Gasteiger partial charge in [-0.2, -0.15) is 0 Å². The zero-order valence-corrected chi connectivity index (χ0v) is 66.9. The number of hydrogen-bond acceptors (Lipinski definition) is 15. The topological polar surface area (TPSA) is 237 Å². The van der Waals surface area contributed by atoms with Crippen LogP contribution in [0.1, 0.15) is 409 Å². The summed E-state index contributed by atoms with van der Waals surface area (Å²) in [5.74, 6) is 0.964. The molecule has 0 bridgehead atoms. The number of ether oxygens (including phenoxy) is 4. The molecular formula is C80H156O17P2. The number of esters is 4. The average Bonchev–Trinajstić information content (AvgIpc) is 1.77. The number of rotatable bonds is 77. The second kappa shape index (κ2) is 69.1. The lowest BCUT2D eigenvalue weighted by molar-refractivity contribution is -0.161. The molecule has 0 aromatic rings. The first-order valence-corrected chi connectivity index (χ1v) is 44.3. The van der Waals surface area contributed by atoms with Gasteiger partial charge < -0.3 is 33.8 Å². The molecule has 3 N–H and O–H groups in total. The zero-order valence-electron chi connectivity index (χ0n) is 65.1. The van der Waals surface area contributed by atoms with E-state index in [-0.39, 0.29) is 25.7 Å². The SMILES string of the molecule is CCC(C)CCCCCCCCCCCCCCCCCCCCC(=O)O[C@H](COC(=O)CCCCCCCCC(C)CC)COP(=O)(O)OC[C@H](O)COP(=O)(O)OC[C@@H](COC(=O)CCCCCCCCC(C)C)OC(=O)CCCCCCCCCCCCCCCCCC(C)C. The first kappa shape index (κ1) is 97.1. The minimum Gasteiger partial charge on any atom is -0.462 e. The largest absolute Gasteiger partial charge is 0.472 e. The maximum atomic E-state index is 13.1. The van der Waals surface area contributed by atoms with Gasteiger partial charge in [-0.25, -0.2) is 9.13 Å². The molecule has 0 saturated heterocycles. The lowest BCUT2D eigenvalue weighted by Gasteiger charge is -2.21. The van der Waals surface area contributed by atoms with Crippen molar-refractivity contribution in [2.75, 3.05) is 39.6 Å². The minimum atomic E-state index is -4.96. The average molecular weight is 1450 g/mol. The zero-order chi connectivity index (χ0) is 73.1. The van der Waals surface area contributed by atoms with Crippen LogP contribution < -0.4 is 0 Å². The van der Waals surface area contributed by atoms with E-state index in [1.54, 1.807) is 0 Å². The lowest BCUT2D eigenvalue weighted by atomic mass is 9.99. The Bertz CT molecular complexity index is 1940. The summed E-state index contributed by atoms with van der Waals surface area (Å²) in [5, 5.41) is 10.6. The van der Waals surface area contributed by atoms with Crippen molar-refractivity contribution < 1.29 is 80.2 Å². The fraction of sp³-hybridized carbons (Fsp3) is 0.950. The molecule has 0 spiro atoms. The summed E-state index contributed by atoms with van der Waals surface area (Å²) in [6, 6.07) is 0. The highest BCUT2D eigenvalue weighted by molar-refractivity contribution is 7.47. The van der Waals surface area contributed by atoms with E-state index in [0.29, 0.717) is 31.6 Å². The quantitative estimate of drug-likeness (QED) is 0.0222. The van der Waals surface area contributed by atoms with Crippen LogP contribution in [-0.4, -0.2) is 96.7 Å². The molecule has 0 aliphatic carbocycles. The van der Waals surface area contributed by atoms with Gasteiger partial charge in [-0.05, 0) is 49.4 Å². The molecule has 4 unspecified atom stereocenters. The number of phosphoric acid groups is 2. The van der Waals surface area contributed by atoms with Crippen LogP contribution in [0, 0.1) is 23.7 Å². The molecule has 0 amide bonds. The van der Waals surface area contributed by atoms with Crippen molar-refractivity contribution in [1.29, 1.82) is 0 Å². The monoisotopic (exact) mass is 1450 g/mol. The van der Waals surface area contributed by atoms with E-state index < -0.39 is 97.5 Å². The maximum absolute atomic E-state index is 13.1. The number of phosphoric ester groups is 2. The molecule has 0 saturated carbocycles. The van der Waals surface area contributed by atoms with Crippen molar-refractivity contribution in [3.8, 4) is 0 Å². The highest BCUT2D eigenvalue weighted by Crippen LogP contribution is 2.45. The molecule has 17 nitrogen and oxygen atoms in total. The van der Waals surface area contributed by atoms with Gasteiger partial charge in [0.1, 0.15) is 19.3 Å². The number of unbranched alkanes of at least 4 members (excludes halogenated alkanes) is 41. The molecule has 0 radical (unpaired) electrons. The van der Waals surface area contributed by atoms with Gasteiger partial charge in [-0.1, -0.05) is 357 Å². The maximum Gasteiger partial charge on any atom is 0.472 e. The van der Waals surface area contributed by atoms with Crippen LogP contribution >= 0.6 is 15.6 Å². The van der Waals surface area contributed by atoms with E-state index in [2.05, 4.69) is 55.4 Å². The molecule has 0 fully saturated rings. The normalized spacial score (nSPS) is 14.6. The van der Waals surface area contributed by atoms with Crippen molar-refractivity contribution in [2.24, 2.45) is 23.7 Å². The molecule has 0 rings (SSSR count). The van der Waals surface area contributed by atoms with Gasteiger partial charge in [-0.3, -0.25) is 37.3 Å². The predicted molar refractivity (Wildman–Crippen MR) is 404 cm³/mol. The standard InChI is InChI=1S/C80H156O17P2/c1-9-72(7)58-50-42-33-29-25-21-17-13-11-12-14-18-22-26-30-34-46-54-63-80(85)97-76(67-91-78(83)61-53-45-39-37-43-51-59-73(8)10-2)69-95-99(88,89)93-65-74(81)64-92-98(86,87)94-68-75(66-90-77(82)60-52-44-38-36-41-49-57-71(5)6)96-79(84)62-55-47-35-31-27-23-19-15-16-20-24-28-32-40-48-56-70(3)4/h70-76,81H,9-69H2,1-8H3,(H,86,87)(H,88,89)/t72?,73?,74-,75-,76-/m1/s1. The van der Waals surface area contributed by atoms with Gasteiger partial charge in [-0.15, -0.1) is 0 Å². The van der Waals surface area contributed by atoms with Crippen molar-refractivity contribution in [1.82, 2.24) is 0 Å². The summed E-state index contributed by atoms with van der Waals surface area (Å²) in [7, 11) is -9.92. The number of aliphatic hydroxyl groups is 1. The second-order valence-electron chi connectivity index (χ2n) is 30.2. The Morgan fingerprint density at radius 3 is 0.717 bits per heavy atom. The molecule has 0 aliphatic rings. The van der Waals surface area contributed by atoms with Gasteiger partial charge in [0.05, 0.1) is 26.4 Å². The van der Waals surface area contributed by atoms with Crippen LogP contribution in [0.25, 0.3) is 0 Å². The van der Waals surface area contributed by atoms with Gasteiger partial charge in [0.15, 0.2) is 12.2 Å². The fourth-order valence-electron chi connectivity index (χ4n) is 12.2. The Hall–Kier alpha value is -1.94. The van der Waals surface area contributed by atoms with Crippen LogP contribution in [0.3, 0.4) is 0 Å². The molecule has 99 heavy (non-hydrogen) atoms. The third kappa shape index (κ3) is 71.5. The number of hydrogen-bond donors (Lipinski definition) is 3. The Kier molecular flexibility index (Phi) is 67.8. The second-order valence-corrected chi connectivity index (χ2v) is 33.1. The Morgan fingerprint density at radius 2 is 0.485 bits per heavy atom. The molecule has 19 heteroatoms. The van der Waals surface area contributed by atoms with Gasteiger partial charge in [0.2, 0.25) is 0 Å². The summed E-state index contributed by atoms with van der Waals surface area (Å²) >= 11 is 0. The summed E-state index contributed by atoms with van der Waals surface area (Å²) in [6.45, 7) is 14.2. The lowest BCUT2D eigenvalue weighted by Crippen LogP contribution is -2.30. The van der Waals surface area contributed by atoms with Crippen LogP contribution in [0.4, 0.5) is 0 Å². The van der Waals surface area contributed by atoms with E-state index >= 15 is 0 Å². The summed E-state index contributed by atoms with van der Waals surface area (Å²) in [5.41, 5.74) is 0. The third-order valence-corrected chi connectivity index (χ3v) is 21.2. The molecule has 0 aromatic carbocycles. The molecule has 7 atom stereocenters. The molecule has 0 aliphatic heterocycles. The fourth-order valence-corrected chi connectivity index (χ4v) is 13.8. The number of carbonyl (C=O) groups is 4. The van der Waals surface area contributed by atoms with E-state index in [0.717, 1.165) is 120 Å². The van der Waals surface area contributed by atoms with Crippen LogP contribution in [-0.2, 0) is 65.4 Å². The van der Waals surface area contributed by atoms with E-state index in [1.165, 1.54) is 199 Å². The first-order chi connectivity index (χ1) is 47.7. The Morgan fingerprint density at radius 1 is 0.283 bits per heavy atom. The third-order valence-electron chi connectivity index (χ3n) is 19.3. The molecule has 0 aromatic heterocycles. The number of carbonyl (C=O) groups excluding carboxylic acids is 4. The molecule has 0 heterocycles. The molecular weight excluding hydrogens is 1290 g/mol. The van der Waals surface area contributed by atoms with Crippen molar-refractivity contribution in [2.45, 2.75) is 427 Å². The highest BCUT2D eigenvalue weighted by atomic mass is 31.2. The van der Waals surface area contributed by atoms with E-state index in [4.69, 9.17) is 37.0 Å². The smallest absolute Gasteiger partial charge is 0.462 e. The first-order valence-electron chi connectivity index (χ1n) is 41.3. The minimum absolute atomic E-state index is 0.106. The van der Waals surface area contributed by atoms with Gasteiger partial charge in [0.25, 0.3) is 0 Å². The highest BCUT2D eigenvalue weighted by Gasteiger charge is 2.30. The van der Waals surface area contributed by atoms with Gasteiger partial charge >= 0.3 is 39.5 Å². The van der Waals surface area contributed by atoms with Crippen LogP contribution in [0.5, 0.6) is 0 Å². The van der Waals surface area contributed by atoms with Crippen molar-refractivity contribution >= 4 is 39.5 Å².